The fourth-order valence-electron chi connectivity index (χ4n) is 3.06. The molecule has 0 aliphatic heterocycles. The maximum Gasteiger partial charge on any atom is 0.339 e. The first kappa shape index (κ1) is 17.5. The van der Waals surface area contributed by atoms with Crippen LogP contribution in [0.3, 0.4) is 0 Å². The van der Waals surface area contributed by atoms with Gasteiger partial charge in [-0.05, 0) is 42.0 Å². The molecule has 28 heavy (non-hydrogen) atoms. The predicted octanol–water partition coefficient (Wildman–Crippen LogP) is 4.31. The highest BCUT2D eigenvalue weighted by atomic mass is 16.5. The van der Waals surface area contributed by atoms with Crippen molar-refractivity contribution in [3.8, 4) is 33.8 Å². The predicted molar refractivity (Wildman–Crippen MR) is 106 cm³/mol. The van der Waals surface area contributed by atoms with E-state index in [9.17, 15) is 9.90 Å². The lowest BCUT2D eigenvalue weighted by Crippen LogP contribution is -2.00. The van der Waals surface area contributed by atoms with Crippen molar-refractivity contribution < 1.29 is 14.6 Å². The van der Waals surface area contributed by atoms with Crippen LogP contribution >= 0.6 is 0 Å². The van der Waals surface area contributed by atoms with Gasteiger partial charge in [0.25, 0.3) is 0 Å². The summed E-state index contributed by atoms with van der Waals surface area (Å²) in [5.41, 5.74) is 4.22. The van der Waals surface area contributed by atoms with Crippen LogP contribution < -0.4 is 4.74 Å². The quantitative estimate of drug-likeness (QED) is 0.566. The summed E-state index contributed by atoms with van der Waals surface area (Å²) in [6, 6.07) is 18.6. The molecule has 0 unspecified atom stereocenters. The molecule has 0 bridgehead atoms. The number of pyridine rings is 1. The third kappa shape index (κ3) is 3.23. The Labute approximate surface area is 161 Å². The van der Waals surface area contributed by atoms with Crippen LogP contribution in [0.15, 0.2) is 79.3 Å². The summed E-state index contributed by atoms with van der Waals surface area (Å²) >= 11 is 0. The zero-order chi connectivity index (χ0) is 19.5. The van der Waals surface area contributed by atoms with Crippen LogP contribution in [0.4, 0.5) is 0 Å². The van der Waals surface area contributed by atoms with Gasteiger partial charge in [0.1, 0.15) is 17.0 Å². The average Bonchev–Trinajstić information content (AvgIpc) is 3.20. The van der Waals surface area contributed by atoms with Gasteiger partial charge in [0.05, 0.1) is 12.8 Å². The number of aromatic carboxylic acids is 1. The van der Waals surface area contributed by atoms with E-state index in [0.29, 0.717) is 5.75 Å². The molecule has 0 aliphatic rings. The minimum Gasteiger partial charge on any atom is -0.496 e. The standard InChI is InChI=1S/C22H17N3O3/c1-28-20-8-7-16(13-18(20)22(26)27)19-14-25(17-5-3-2-4-6-17)24-21(19)15-9-11-23-12-10-15/h2-14H,1H3,(H,26,27). The molecule has 0 atom stereocenters. The molecule has 4 rings (SSSR count). The first-order valence-electron chi connectivity index (χ1n) is 8.64. The van der Waals surface area contributed by atoms with E-state index in [1.165, 1.54) is 7.11 Å². The van der Waals surface area contributed by atoms with E-state index >= 15 is 0 Å². The molecule has 0 aliphatic carbocycles. The molecule has 6 heteroatoms. The molecule has 138 valence electrons. The fraction of sp³-hybridized carbons (Fsp3) is 0.0455. The molecule has 0 radical (unpaired) electrons. The molecule has 0 saturated carbocycles. The lowest BCUT2D eigenvalue weighted by Gasteiger charge is -2.08. The van der Waals surface area contributed by atoms with E-state index in [-0.39, 0.29) is 5.56 Å². The summed E-state index contributed by atoms with van der Waals surface area (Å²) in [6.07, 6.45) is 5.31. The van der Waals surface area contributed by atoms with E-state index in [4.69, 9.17) is 9.84 Å². The second kappa shape index (κ2) is 7.36. The molecule has 2 aromatic heterocycles. The fourth-order valence-corrected chi connectivity index (χ4v) is 3.06. The molecule has 6 nitrogen and oxygen atoms in total. The Hall–Kier alpha value is -3.93. The number of hydrogen-bond acceptors (Lipinski definition) is 4. The highest BCUT2D eigenvalue weighted by Crippen LogP contribution is 2.34. The summed E-state index contributed by atoms with van der Waals surface area (Å²) in [6.45, 7) is 0. The van der Waals surface area contributed by atoms with Crippen LogP contribution in [0, 0.1) is 0 Å². The van der Waals surface area contributed by atoms with Gasteiger partial charge in [-0.1, -0.05) is 24.3 Å². The van der Waals surface area contributed by atoms with Crippen LogP contribution in [-0.2, 0) is 0 Å². The van der Waals surface area contributed by atoms with E-state index < -0.39 is 5.97 Å². The number of carboxylic acid groups (broad SMARTS) is 1. The van der Waals surface area contributed by atoms with Crippen LogP contribution in [-0.4, -0.2) is 33.0 Å². The van der Waals surface area contributed by atoms with Gasteiger partial charge in [0, 0.05) is 29.7 Å². The van der Waals surface area contributed by atoms with E-state index in [2.05, 4.69) is 4.98 Å². The van der Waals surface area contributed by atoms with Crippen molar-refractivity contribution in [2.45, 2.75) is 0 Å². The van der Waals surface area contributed by atoms with Crippen LogP contribution in [0.25, 0.3) is 28.1 Å². The topological polar surface area (TPSA) is 77.2 Å². The van der Waals surface area contributed by atoms with Crippen molar-refractivity contribution >= 4 is 5.97 Å². The number of ether oxygens (including phenoxy) is 1. The SMILES string of the molecule is COc1ccc(-c2cn(-c3ccccc3)nc2-c2ccncc2)cc1C(=O)O. The van der Waals surface area contributed by atoms with Crippen LogP contribution in [0.5, 0.6) is 5.75 Å². The molecule has 0 saturated heterocycles. The van der Waals surface area contributed by atoms with E-state index in [0.717, 1.165) is 28.1 Å². The largest absolute Gasteiger partial charge is 0.496 e. The number of para-hydroxylation sites is 1. The van der Waals surface area contributed by atoms with E-state index in [1.54, 1.807) is 29.2 Å². The first-order valence-corrected chi connectivity index (χ1v) is 8.64. The molecule has 4 aromatic rings. The number of carbonyl (C=O) groups is 1. The van der Waals surface area contributed by atoms with Gasteiger partial charge in [-0.25, -0.2) is 9.48 Å². The van der Waals surface area contributed by atoms with Gasteiger partial charge >= 0.3 is 5.97 Å². The minimum atomic E-state index is -1.04. The monoisotopic (exact) mass is 371 g/mol. The Morgan fingerprint density at radius 3 is 2.43 bits per heavy atom. The van der Waals surface area contributed by atoms with Gasteiger partial charge in [-0.15, -0.1) is 0 Å². The Kier molecular flexibility index (Phi) is 4.60. The van der Waals surface area contributed by atoms with Crippen molar-refractivity contribution in [1.29, 1.82) is 0 Å². The van der Waals surface area contributed by atoms with Crippen molar-refractivity contribution in [1.82, 2.24) is 14.8 Å². The van der Waals surface area contributed by atoms with Gasteiger partial charge in [-0.2, -0.15) is 5.10 Å². The number of carboxylic acids is 1. The number of methoxy groups -OCH3 is 1. The van der Waals surface area contributed by atoms with Crippen molar-refractivity contribution in [3.63, 3.8) is 0 Å². The second-order valence-electron chi connectivity index (χ2n) is 6.13. The van der Waals surface area contributed by atoms with Gasteiger partial charge in [0.15, 0.2) is 0 Å². The zero-order valence-corrected chi connectivity index (χ0v) is 15.1. The molecular formula is C22H17N3O3. The summed E-state index contributed by atoms with van der Waals surface area (Å²) < 4.78 is 6.96. The molecule has 2 heterocycles. The lowest BCUT2D eigenvalue weighted by atomic mass is 10.00. The van der Waals surface area contributed by atoms with Crippen molar-refractivity contribution in [2.24, 2.45) is 0 Å². The normalized spacial score (nSPS) is 10.6. The molecular weight excluding hydrogens is 354 g/mol. The summed E-state index contributed by atoms with van der Waals surface area (Å²) in [4.78, 5) is 15.7. The number of nitrogens with zero attached hydrogens (tertiary/aromatic N) is 3. The molecule has 0 spiro atoms. The molecule has 0 amide bonds. The summed E-state index contributed by atoms with van der Waals surface area (Å²) in [5, 5.41) is 14.3. The van der Waals surface area contributed by atoms with Gasteiger partial charge < -0.3 is 9.84 Å². The van der Waals surface area contributed by atoms with Gasteiger partial charge in [-0.3, -0.25) is 4.98 Å². The minimum absolute atomic E-state index is 0.105. The molecule has 2 aromatic carbocycles. The average molecular weight is 371 g/mol. The second-order valence-corrected chi connectivity index (χ2v) is 6.13. The number of hydrogen-bond donors (Lipinski definition) is 1. The zero-order valence-electron chi connectivity index (χ0n) is 15.1. The number of rotatable bonds is 5. The highest BCUT2D eigenvalue weighted by Gasteiger charge is 2.18. The Morgan fingerprint density at radius 1 is 1.00 bits per heavy atom. The Bertz CT molecular complexity index is 1120. The summed E-state index contributed by atoms with van der Waals surface area (Å²) in [7, 11) is 1.46. The highest BCUT2D eigenvalue weighted by molar-refractivity contribution is 5.93. The molecule has 0 fully saturated rings. The summed E-state index contributed by atoms with van der Waals surface area (Å²) in [5.74, 6) is -0.725. The van der Waals surface area contributed by atoms with Crippen LogP contribution in [0.1, 0.15) is 10.4 Å². The first-order chi connectivity index (χ1) is 13.7. The number of aromatic nitrogens is 3. The lowest BCUT2D eigenvalue weighted by molar-refractivity contribution is 0.0693. The van der Waals surface area contributed by atoms with Crippen LogP contribution in [0.2, 0.25) is 0 Å². The third-order valence-corrected chi connectivity index (χ3v) is 4.43. The van der Waals surface area contributed by atoms with Gasteiger partial charge in [0.2, 0.25) is 0 Å². The Morgan fingerprint density at radius 2 is 1.75 bits per heavy atom. The smallest absolute Gasteiger partial charge is 0.339 e. The third-order valence-electron chi connectivity index (χ3n) is 4.43. The maximum absolute atomic E-state index is 11.6. The van der Waals surface area contributed by atoms with Crippen molar-refractivity contribution in [3.05, 3.63) is 84.8 Å². The maximum atomic E-state index is 11.6. The number of benzene rings is 2. The molecule has 1 N–H and O–H groups in total. The van der Waals surface area contributed by atoms with E-state index in [1.807, 2.05) is 54.7 Å². The van der Waals surface area contributed by atoms with Crippen molar-refractivity contribution in [2.75, 3.05) is 7.11 Å². The Balaban J connectivity index is 1.92.